The van der Waals surface area contributed by atoms with Gasteiger partial charge in [0.1, 0.15) is 0 Å². The highest BCUT2D eigenvalue weighted by atomic mass is 32.2. The van der Waals surface area contributed by atoms with E-state index in [1.165, 1.54) is 11.9 Å². The van der Waals surface area contributed by atoms with Crippen LogP contribution in [-0.4, -0.2) is 6.54 Å². The number of hydrogen-bond donors (Lipinski definition) is 2. The van der Waals surface area contributed by atoms with Crippen molar-refractivity contribution in [1.82, 2.24) is 5.32 Å². The molecule has 0 amide bonds. The van der Waals surface area contributed by atoms with Crippen LogP contribution in [-0.2, 0) is 0 Å². The molecule has 0 aromatic rings. The van der Waals surface area contributed by atoms with Gasteiger partial charge in [0.2, 0.25) is 0 Å². The molecule has 0 atom stereocenters. The summed E-state index contributed by atoms with van der Waals surface area (Å²) in [7, 11) is 0. The Balaban J connectivity index is 3.91. The monoisotopic (exact) mass is 158 g/mol. The zero-order chi connectivity index (χ0) is 7.98. The van der Waals surface area contributed by atoms with E-state index in [1.54, 1.807) is 0 Å². The van der Waals surface area contributed by atoms with Crippen LogP contribution in [0.15, 0.2) is 23.3 Å². The van der Waals surface area contributed by atoms with Crippen molar-refractivity contribution in [1.29, 1.82) is 0 Å². The fourth-order valence-corrected chi connectivity index (χ4v) is 1.02. The lowest BCUT2D eigenvalue weighted by Crippen LogP contribution is -2.10. The standard InChI is InChI=1S/C7H14N2S/c1-4-9-7(10-8)5-6(2)3/h5,9H,2,4,8H2,1,3H3/b7-5-. The lowest BCUT2D eigenvalue weighted by molar-refractivity contribution is 0.903. The van der Waals surface area contributed by atoms with Crippen LogP contribution < -0.4 is 10.5 Å². The highest BCUT2D eigenvalue weighted by Crippen LogP contribution is 2.05. The van der Waals surface area contributed by atoms with E-state index in [2.05, 4.69) is 11.9 Å². The number of nitrogens with one attached hydrogen (secondary N) is 1. The zero-order valence-corrected chi connectivity index (χ0v) is 7.29. The maximum absolute atomic E-state index is 5.35. The molecule has 2 nitrogen and oxygen atoms in total. The van der Waals surface area contributed by atoms with E-state index < -0.39 is 0 Å². The second kappa shape index (κ2) is 5.38. The summed E-state index contributed by atoms with van der Waals surface area (Å²) < 4.78 is 0. The molecular weight excluding hydrogens is 144 g/mol. The number of nitrogens with two attached hydrogens (primary N) is 1. The maximum Gasteiger partial charge on any atom is 0.0834 e. The summed E-state index contributed by atoms with van der Waals surface area (Å²) in [4.78, 5) is 0. The van der Waals surface area contributed by atoms with Crippen LogP contribution in [0.5, 0.6) is 0 Å². The van der Waals surface area contributed by atoms with E-state index in [4.69, 9.17) is 5.14 Å². The van der Waals surface area contributed by atoms with E-state index in [-0.39, 0.29) is 0 Å². The Morgan fingerprint density at radius 2 is 2.40 bits per heavy atom. The van der Waals surface area contributed by atoms with Crippen LogP contribution in [0.4, 0.5) is 0 Å². The molecule has 0 saturated heterocycles. The molecule has 0 rings (SSSR count). The minimum atomic E-state index is 0.892. The van der Waals surface area contributed by atoms with Crippen molar-refractivity contribution in [2.45, 2.75) is 13.8 Å². The summed E-state index contributed by atoms with van der Waals surface area (Å²) in [6.07, 6.45) is 1.92. The Kier molecular flexibility index (Phi) is 5.16. The molecule has 3 N–H and O–H groups in total. The smallest absolute Gasteiger partial charge is 0.0834 e. The molecule has 0 bridgehead atoms. The van der Waals surface area contributed by atoms with E-state index in [9.17, 15) is 0 Å². The van der Waals surface area contributed by atoms with Crippen LogP contribution in [0, 0.1) is 0 Å². The van der Waals surface area contributed by atoms with Crippen molar-refractivity contribution in [3.8, 4) is 0 Å². The van der Waals surface area contributed by atoms with Crippen molar-refractivity contribution >= 4 is 11.9 Å². The number of allylic oxidation sites excluding steroid dienone is 2. The third-order valence-electron chi connectivity index (χ3n) is 0.855. The Bertz CT molecular complexity index is 141. The van der Waals surface area contributed by atoms with Crippen molar-refractivity contribution in [2.24, 2.45) is 5.14 Å². The van der Waals surface area contributed by atoms with E-state index in [0.29, 0.717) is 0 Å². The molecule has 3 heteroatoms. The Morgan fingerprint density at radius 1 is 1.80 bits per heavy atom. The SMILES string of the molecule is C=C(C)/C=C(/NCC)SN. The molecule has 0 saturated carbocycles. The minimum absolute atomic E-state index is 0.892. The summed E-state index contributed by atoms with van der Waals surface area (Å²) in [5, 5.41) is 9.42. The van der Waals surface area contributed by atoms with E-state index >= 15 is 0 Å². The second-order valence-corrected chi connectivity index (χ2v) is 2.68. The van der Waals surface area contributed by atoms with Gasteiger partial charge in [0, 0.05) is 6.54 Å². The number of hydrogen-bond acceptors (Lipinski definition) is 3. The Morgan fingerprint density at radius 3 is 2.70 bits per heavy atom. The van der Waals surface area contributed by atoms with Gasteiger partial charge in [-0.1, -0.05) is 12.2 Å². The predicted molar refractivity (Wildman–Crippen MR) is 48.4 cm³/mol. The molecule has 0 radical (unpaired) electrons. The molecule has 0 spiro atoms. The maximum atomic E-state index is 5.35. The van der Waals surface area contributed by atoms with Crippen molar-refractivity contribution in [2.75, 3.05) is 6.54 Å². The largest absolute Gasteiger partial charge is 0.379 e. The van der Waals surface area contributed by atoms with Crippen LogP contribution in [0.25, 0.3) is 0 Å². The molecule has 10 heavy (non-hydrogen) atoms. The molecule has 0 unspecified atom stereocenters. The summed E-state index contributed by atoms with van der Waals surface area (Å²) in [5.74, 6) is 0. The zero-order valence-electron chi connectivity index (χ0n) is 6.48. The van der Waals surface area contributed by atoms with Gasteiger partial charge in [-0.25, -0.2) is 0 Å². The number of rotatable bonds is 4. The molecule has 0 aliphatic heterocycles. The predicted octanol–water partition coefficient (Wildman–Crippen LogP) is 1.62. The van der Waals surface area contributed by atoms with Gasteiger partial charge in [-0.05, 0) is 31.9 Å². The molecule has 0 fully saturated rings. The quantitative estimate of drug-likeness (QED) is 0.482. The first-order chi connectivity index (χ1) is 4.70. The fourth-order valence-electron chi connectivity index (χ4n) is 0.525. The highest BCUT2D eigenvalue weighted by Gasteiger charge is 1.89. The average Bonchev–Trinajstić information content (AvgIpc) is 1.86. The minimum Gasteiger partial charge on any atom is -0.379 e. The molecular formula is C7H14N2S. The molecule has 0 aromatic heterocycles. The summed E-state index contributed by atoms with van der Waals surface area (Å²) in [6.45, 7) is 8.60. The lowest BCUT2D eigenvalue weighted by atomic mass is 10.3. The van der Waals surface area contributed by atoms with Crippen LogP contribution in [0.3, 0.4) is 0 Å². The molecule has 0 aliphatic rings. The molecule has 0 aliphatic carbocycles. The lowest BCUT2D eigenvalue weighted by Gasteiger charge is -2.03. The molecule has 0 aromatic carbocycles. The average molecular weight is 158 g/mol. The van der Waals surface area contributed by atoms with Crippen LogP contribution in [0.1, 0.15) is 13.8 Å². The topological polar surface area (TPSA) is 38.0 Å². The summed E-state index contributed by atoms with van der Waals surface area (Å²) in [5.41, 5.74) is 1.01. The normalized spacial score (nSPS) is 11.3. The van der Waals surface area contributed by atoms with Crippen LogP contribution in [0.2, 0.25) is 0 Å². The van der Waals surface area contributed by atoms with E-state index in [0.717, 1.165) is 17.1 Å². The Hall–Kier alpha value is -0.410. The van der Waals surface area contributed by atoms with Gasteiger partial charge < -0.3 is 5.32 Å². The first kappa shape index (κ1) is 9.59. The van der Waals surface area contributed by atoms with Gasteiger partial charge in [-0.2, -0.15) is 0 Å². The first-order valence-electron chi connectivity index (χ1n) is 3.18. The molecule has 0 heterocycles. The third-order valence-corrected chi connectivity index (χ3v) is 1.37. The van der Waals surface area contributed by atoms with Gasteiger partial charge in [-0.3, -0.25) is 5.14 Å². The van der Waals surface area contributed by atoms with Crippen molar-refractivity contribution in [3.63, 3.8) is 0 Å². The van der Waals surface area contributed by atoms with Crippen LogP contribution >= 0.6 is 11.9 Å². The van der Waals surface area contributed by atoms with Gasteiger partial charge >= 0.3 is 0 Å². The van der Waals surface area contributed by atoms with Gasteiger partial charge in [0.25, 0.3) is 0 Å². The fraction of sp³-hybridized carbons (Fsp3) is 0.429. The highest BCUT2D eigenvalue weighted by molar-refractivity contribution is 8.00. The second-order valence-electron chi connectivity index (χ2n) is 2.00. The summed E-state index contributed by atoms with van der Waals surface area (Å²) in [6, 6.07) is 0. The first-order valence-corrected chi connectivity index (χ1v) is 4.06. The Labute approximate surface area is 66.7 Å². The summed E-state index contributed by atoms with van der Waals surface area (Å²) >= 11 is 1.21. The van der Waals surface area contributed by atoms with Crippen molar-refractivity contribution < 1.29 is 0 Å². The third kappa shape index (κ3) is 4.47. The molecule has 58 valence electrons. The van der Waals surface area contributed by atoms with Gasteiger partial charge in [0.05, 0.1) is 5.03 Å². The van der Waals surface area contributed by atoms with Gasteiger partial charge in [-0.15, -0.1) is 0 Å². The van der Waals surface area contributed by atoms with Crippen molar-refractivity contribution in [3.05, 3.63) is 23.3 Å². The van der Waals surface area contributed by atoms with E-state index in [1.807, 2.05) is 19.9 Å². The van der Waals surface area contributed by atoms with Gasteiger partial charge in [0.15, 0.2) is 0 Å².